The molecule has 7 fully saturated rings. The fourth-order valence-corrected chi connectivity index (χ4v) is 9.13. The van der Waals surface area contributed by atoms with Gasteiger partial charge in [0.15, 0.2) is 0 Å². The van der Waals surface area contributed by atoms with Crippen LogP contribution in [0.25, 0.3) is 0 Å². The molecule has 0 aromatic heterocycles. The highest BCUT2D eigenvalue weighted by Gasteiger charge is 2.56. The molecule has 8 heteroatoms. The summed E-state index contributed by atoms with van der Waals surface area (Å²) in [4.78, 5) is 47.0. The summed E-state index contributed by atoms with van der Waals surface area (Å²) in [6.45, 7) is 3.72. The monoisotopic (exact) mass is 505 g/mol. The zero-order chi connectivity index (χ0) is 25.3. The van der Waals surface area contributed by atoms with Crippen LogP contribution in [0.2, 0.25) is 0 Å². The molecule has 3 heterocycles. The van der Waals surface area contributed by atoms with Gasteiger partial charge in [-0.2, -0.15) is 0 Å². The number of carbonyl (C=O) groups excluding carboxylic acids is 3. The van der Waals surface area contributed by atoms with Gasteiger partial charge < -0.3 is 14.7 Å². The van der Waals surface area contributed by atoms with Gasteiger partial charge in [0.05, 0.1) is 29.0 Å². The smallest absolute Gasteiger partial charge is 0.247 e. The minimum atomic E-state index is -0.285. The number of fused-ring (bicyclic) bond motifs is 1. The first-order chi connectivity index (χ1) is 17.9. The van der Waals surface area contributed by atoms with E-state index in [1.54, 1.807) is 5.01 Å². The lowest BCUT2D eigenvalue weighted by Gasteiger charge is -2.57. The van der Waals surface area contributed by atoms with Crippen LogP contribution >= 0.6 is 0 Å². The largest absolute Gasteiger partial charge is 0.339 e. The van der Waals surface area contributed by atoms with E-state index in [4.69, 9.17) is 0 Å². The molecule has 198 valence electrons. The molecule has 1 N–H and O–H groups in total. The van der Waals surface area contributed by atoms with Crippen molar-refractivity contribution in [2.45, 2.75) is 44.6 Å². The van der Waals surface area contributed by atoms with Gasteiger partial charge in [-0.1, -0.05) is 18.2 Å². The summed E-state index contributed by atoms with van der Waals surface area (Å²) in [6, 6.07) is 9.41. The number of hydrazine groups is 1. The topological polar surface area (TPSA) is 76.2 Å². The van der Waals surface area contributed by atoms with Crippen molar-refractivity contribution in [3.63, 3.8) is 0 Å². The number of hydrogen-bond acceptors (Lipinski definition) is 5. The summed E-state index contributed by atoms with van der Waals surface area (Å²) in [5, 5.41) is 1.64. The summed E-state index contributed by atoms with van der Waals surface area (Å²) >= 11 is 0. The Balaban J connectivity index is 1.02. The molecular formula is C29H39N5O3. The summed E-state index contributed by atoms with van der Waals surface area (Å²) in [5.41, 5.74) is 4.09. The van der Waals surface area contributed by atoms with Crippen LogP contribution < -0.4 is 10.4 Å². The van der Waals surface area contributed by atoms with E-state index in [0.29, 0.717) is 45.2 Å². The second kappa shape index (κ2) is 8.80. The van der Waals surface area contributed by atoms with Gasteiger partial charge in [0.1, 0.15) is 0 Å². The molecule has 8 nitrogen and oxygen atoms in total. The Morgan fingerprint density at radius 3 is 2.08 bits per heavy atom. The zero-order valence-corrected chi connectivity index (χ0v) is 21.8. The van der Waals surface area contributed by atoms with Crippen molar-refractivity contribution in [3.05, 3.63) is 30.3 Å². The zero-order valence-electron chi connectivity index (χ0n) is 21.8. The van der Waals surface area contributed by atoms with Gasteiger partial charge in [-0.05, 0) is 75.5 Å². The van der Waals surface area contributed by atoms with Crippen LogP contribution in [0.4, 0.5) is 5.69 Å². The Hall–Kier alpha value is -2.45. The number of piperidine rings is 1. The Kier molecular flexibility index (Phi) is 5.63. The SMILES string of the molecule is CN1CC(C(=O)N2CCN(C(=O)C34CC5CC(CC(C5)C3)C4)CC2)C2NN(c3ccccc3)C(=O)C2C1. The first-order valence-corrected chi connectivity index (χ1v) is 14.3. The van der Waals surface area contributed by atoms with Gasteiger partial charge >= 0.3 is 0 Å². The number of nitrogens with one attached hydrogen (secondary N) is 1. The Morgan fingerprint density at radius 2 is 1.46 bits per heavy atom. The van der Waals surface area contributed by atoms with E-state index in [0.717, 1.165) is 42.7 Å². The van der Waals surface area contributed by atoms with Gasteiger partial charge in [-0.3, -0.25) is 14.4 Å². The fourth-order valence-electron chi connectivity index (χ4n) is 9.13. The fraction of sp³-hybridized carbons (Fsp3) is 0.690. The van der Waals surface area contributed by atoms with Crippen LogP contribution in [0, 0.1) is 35.0 Å². The molecule has 37 heavy (non-hydrogen) atoms. The highest BCUT2D eigenvalue weighted by Crippen LogP contribution is 2.60. The molecule has 3 atom stereocenters. The first-order valence-electron chi connectivity index (χ1n) is 14.3. The van der Waals surface area contributed by atoms with Crippen LogP contribution in [0.5, 0.6) is 0 Å². The number of rotatable bonds is 3. The highest BCUT2D eigenvalue weighted by molar-refractivity contribution is 5.98. The molecule has 8 rings (SSSR count). The number of carbonyl (C=O) groups is 3. The van der Waals surface area contributed by atoms with Crippen molar-refractivity contribution in [1.29, 1.82) is 0 Å². The molecule has 7 aliphatic rings. The molecule has 0 spiro atoms. The van der Waals surface area contributed by atoms with E-state index in [9.17, 15) is 14.4 Å². The molecular weight excluding hydrogens is 466 g/mol. The van der Waals surface area contributed by atoms with Crippen LogP contribution in [0.3, 0.4) is 0 Å². The van der Waals surface area contributed by atoms with Gasteiger partial charge in [0.2, 0.25) is 17.7 Å². The average Bonchev–Trinajstić information content (AvgIpc) is 3.23. The minimum Gasteiger partial charge on any atom is -0.339 e. The van der Waals surface area contributed by atoms with Crippen LogP contribution in [0.1, 0.15) is 38.5 Å². The third-order valence-corrected chi connectivity index (χ3v) is 10.4. The standard InChI is InChI=1S/C29H39N5O3/c1-31-17-23(25-24(18-31)27(36)34(30-25)22-5-3-2-4-6-22)26(35)32-7-9-33(10-8-32)28(37)29-14-19-11-20(15-29)13-21(12-19)16-29/h2-6,19-21,23-25,30H,7-18H2,1H3. The summed E-state index contributed by atoms with van der Waals surface area (Å²) in [6.07, 6.45) is 7.28. The maximum absolute atomic E-state index is 13.8. The molecule has 1 aromatic rings. The van der Waals surface area contributed by atoms with Crippen LogP contribution in [-0.2, 0) is 14.4 Å². The van der Waals surface area contributed by atoms with Crippen molar-refractivity contribution in [2.24, 2.45) is 35.0 Å². The minimum absolute atomic E-state index is 0.0338. The number of anilines is 1. The molecule has 4 saturated carbocycles. The summed E-state index contributed by atoms with van der Waals surface area (Å²) < 4.78 is 0. The molecule has 3 saturated heterocycles. The molecule has 3 amide bonds. The summed E-state index contributed by atoms with van der Waals surface area (Å²) in [5.74, 6) is 2.26. The van der Waals surface area contributed by atoms with E-state index in [1.807, 2.05) is 42.3 Å². The second-order valence-corrected chi connectivity index (χ2v) is 12.9. The van der Waals surface area contributed by atoms with Crippen molar-refractivity contribution < 1.29 is 14.4 Å². The molecule has 3 unspecified atom stereocenters. The lowest BCUT2D eigenvalue weighted by atomic mass is 9.49. The normalized spacial score (nSPS) is 39.3. The maximum Gasteiger partial charge on any atom is 0.247 e. The summed E-state index contributed by atoms with van der Waals surface area (Å²) in [7, 11) is 2.00. The van der Waals surface area contributed by atoms with Gasteiger partial charge in [0.25, 0.3) is 0 Å². The Labute approximate surface area is 219 Å². The van der Waals surface area contributed by atoms with Crippen LogP contribution in [-0.4, -0.2) is 84.8 Å². The van der Waals surface area contributed by atoms with Gasteiger partial charge in [0, 0.05) is 39.3 Å². The third kappa shape index (κ3) is 3.90. The highest BCUT2D eigenvalue weighted by atomic mass is 16.2. The van der Waals surface area contributed by atoms with Crippen LogP contribution in [0.15, 0.2) is 30.3 Å². The quantitative estimate of drug-likeness (QED) is 0.680. The number of benzene rings is 1. The molecule has 1 aromatic carbocycles. The van der Waals surface area contributed by atoms with Crippen molar-refractivity contribution in [2.75, 3.05) is 51.3 Å². The molecule has 0 radical (unpaired) electrons. The molecule has 3 aliphatic heterocycles. The molecule has 4 bridgehead atoms. The Bertz CT molecular complexity index is 1050. The lowest BCUT2D eigenvalue weighted by molar-refractivity contribution is -0.161. The van der Waals surface area contributed by atoms with E-state index >= 15 is 0 Å². The van der Waals surface area contributed by atoms with Crippen molar-refractivity contribution in [1.82, 2.24) is 20.1 Å². The van der Waals surface area contributed by atoms with Gasteiger partial charge in [-0.15, -0.1) is 0 Å². The molecule has 4 aliphatic carbocycles. The number of para-hydroxylation sites is 1. The number of piperazine rings is 1. The number of hydrogen-bond donors (Lipinski definition) is 1. The van der Waals surface area contributed by atoms with E-state index in [1.165, 1.54) is 19.3 Å². The van der Waals surface area contributed by atoms with E-state index in [2.05, 4.69) is 15.2 Å². The van der Waals surface area contributed by atoms with Gasteiger partial charge in [-0.25, -0.2) is 10.4 Å². The average molecular weight is 506 g/mol. The predicted molar refractivity (Wildman–Crippen MR) is 139 cm³/mol. The van der Waals surface area contributed by atoms with Crippen molar-refractivity contribution >= 4 is 23.4 Å². The van der Waals surface area contributed by atoms with Crippen molar-refractivity contribution in [3.8, 4) is 0 Å². The first kappa shape index (κ1) is 23.7. The number of likely N-dealkylation sites (tertiary alicyclic amines) is 1. The number of amides is 3. The Morgan fingerprint density at radius 1 is 0.865 bits per heavy atom. The number of nitrogens with zero attached hydrogens (tertiary/aromatic N) is 4. The van der Waals surface area contributed by atoms with E-state index < -0.39 is 0 Å². The lowest BCUT2D eigenvalue weighted by Crippen LogP contribution is -2.61. The van der Waals surface area contributed by atoms with E-state index in [-0.39, 0.29) is 35.1 Å². The predicted octanol–water partition coefficient (Wildman–Crippen LogP) is 1.97. The third-order valence-electron chi connectivity index (χ3n) is 10.4. The second-order valence-electron chi connectivity index (χ2n) is 12.9. The maximum atomic E-state index is 13.8.